The van der Waals surface area contributed by atoms with Crippen LogP contribution >= 0.6 is 23.4 Å². The third-order valence-corrected chi connectivity index (χ3v) is 16.8. The van der Waals surface area contributed by atoms with Gasteiger partial charge in [-0.25, -0.2) is 14.4 Å². The standard InChI is InChI=1S/C57H78ClN7O17S/c1-34-16-15-19-43(77-10)57(75)32-42(79-53(72)60-57)35(2)51-56(4,82-51)44(31-49(70)64(8)38-29-37(28-34)30-41(76-9)50(38)58)81-52(71)36(3)63(7)46(67)22-27-83-55(74)62(6)26-25-61(5)54(73)80-40-18-14-12-11-13-17-39(40)78-33-45(66)59-23-24-65-47(68)20-21-48(65)69/h14-16,18-21,29-30,35-36,39-40,42-44,51,75H,11-13,17,22-28,31-33H2,1-10H3,(H,59,66)(H,60,72)/t35-,36+,39?,40?,42+,43-,44+,51+,56+,57+/m1/s1. The summed E-state index contributed by atoms with van der Waals surface area (Å²) in [4.78, 5) is 124. The van der Waals surface area contributed by atoms with E-state index >= 15 is 0 Å². The number of likely N-dealkylation sites (N-methyl/N-ethyl adjacent to an activating group) is 3. The molecule has 6 rings (SSSR count). The number of fused-ring (bicyclic) bond motifs is 5. The molecule has 2 saturated heterocycles. The second kappa shape index (κ2) is 29.3. The van der Waals surface area contributed by atoms with E-state index in [1.165, 1.54) is 61.9 Å². The van der Waals surface area contributed by atoms with Crippen LogP contribution in [0.5, 0.6) is 5.75 Å². The minimum Gasteiger partial charge on any atom is -0.495 e. The zero-order valence-corrected chi connectivity index (χ0v) is 50.3. The highest BCUT2D eigenvalue weighted by atomic mass is 35.5. The van der Waals surface area contributed by atoms with Crippen molar-refractivity contribution in [3.8, 4) is 5.75 Å². The fraction of sp³-hybridized carbons (Fsp3) is 0.596. The van der Waals surface area contributed by atoms with Gasteiger partial charge in [0.15, 0.2) is 5.72 Å². The second-order valence-electron chi connectivity index (χ2n) is 21.5. The smallest absolute Gasteiger partial charge is 0.410 e. The monoisotopic (exact) mass is 1200 g/mol. The summed E-state index contributed by atoms with van der Waals surface area (Å²) in [6.45, 7) is 6.71. The second-order valence-corrected chi connectivity index (χ2v) is 23.0. The SMILES string of the molecule is COc1cc2cc(c1Cl)N(C)C(=O)C[C@H](OC(=O)[C@H](C)N(C)C(=O)CCSC(=O)N(C)CCN(C)C(=O)OC1C=CCCCCC1OCC(=O)NCCN1C(=O)C=CC1=O)[C@]1(C)O[C@H]1[C@H](C)[C@@H]1C[C@@](O)(NC(=O)O1)[C@H](OC)C=CC=C(C)C2. The number of halogens is 1. The van der Waals surface area contributed by atoms with Gasteiger partial charge in [0, 0.05) is 98.1 Å². The lowest BCUT2D eigenvalue weighted by atomic mass is 9.83. The van der Waals surface area contributed by atoms with Crippen LogP contribution < -0.4 is 20.3 Å². The number of nitrogens with zero attached hydrogens (tertiary/aromatic N) is 5. The van der Waals surface area contributed by atoms with E-state index in [2.05, 4.69) is 10.6 Å². The van der Waals surface area contributed by atoms with Crippen molar-refractivity contribution in [1.82, 2.24) is 30.2 Å². The van der Waals surface area contributed by atoms with E-state index in [0.29, 0.717) is 24.3 Å². The van der Waals surface area contributed by atoms with Gasteiger partial charge in [0.05, 0.1) is 31.4 Å². The topological polar surface area (TPSA) is 282 Å². The van der Waals surface area contributed by atoms with Gasteiger partial charge < -0.3 is 63.2 Å². The van der Waals surface area contributed by atoms with Crippen LogP contribution in [0, 0.1) is 5.92 Å². The molecule has 4 heterocycles. The number of anilines is 1. The number of nitrogens with one attached hydrogen (secondary N) is 2. The Kier molecular flexibility index (Phi) is 23.2. The molecule has 2 fully saturated rings. The van der Waals surface area contributed by atoms with Crippen molar-refractivity contribution in [1.29, 1.82) is 0 Å². The Morgan fingerprint density at radius 3 is 2.42 bits per heavy atom. The molecule has 1 aromatic carbocycles. The maximum Gasteiger partial charge on any atom is 0.410 e. The molecule has 0 spiro atoms. The molecular formula is C57H78ClN7O17S. The van der Waals surface area contributed by atoms with Gasteiger partial charge in [0.2, 0.25) is 17.7 Å². The quantitative estimate of drug-likeness (QED) is 0.0591. The van der Waals surface area contributed by atoms with E-state index in [9.17, 15) is 48.3 Å². The summed E-state index contributed by atoms with van der Waals surface area (Å²) in [6, 6.07) is 2.34. The molecular weight excluding hydrogens is 1120 g/mol. The van der Waals surface area contributed by atoms with Gasteiger partial charge in [-0.1, -0.05) is 66.6 Å². The number of benzene rings is 1. The molecule has 4 aliphatic heterocycles. The average Bonchev–Trinajstić information content (AvgIpc) is 2.04. The average molecular weight is 1200 g/mol. The number of amides is 8. The van der Waals surface area contributed by atoms with Gasteiger partial charge in [-0.15, -0.1) is 0 Å². The molecule has 1 aliphatic carbocycles. The number of allylic oxidation sites excluding steroid dienone is 4. The zero-order chi connectivity index (χ0) is 60.9. The molecule has 3 N–H and O–H groups in total. The number of epoxide rings is 1. The van der Waals surface area contributed by atoms with Gasteiger partial charge in [-0.3, -0.25) is 39.0 Å². The van der Waals surface area contributed by atoms with Crippen LogP contribution in [0.15, 0.2) is 60.2 Å². The first-order valence-corrected chi connectivity index (χ1v) is 28.9. The third-order valence-electron chi connectivity index (χ3n) is 15.5. The summed E-state index contributed by atoms with van der Waals surface area (Å²) >= 11 is 7.70. The summed E-state index contributed by atoms with van der Waals surface area (Å²) in [5.74, 6) is -3.46. The number of carbonyl (C=O) groups is 9. The summed E-state index contributed by atoms with van der Waals surface area (Å²) < 4.78 is 41.2. The molecule has 83 heavy (non-hydrogen) atoms. The normalized spacial score (nSPS) is 26.7. The minimum atomic E-state index is -1.90. The summed E-state index contributed by atoms with van der Waals surface area (Å²) in [7, 11) is 8.89. The molecule has 26 heteroatoms. The Balaban J connectivity index is 1.03. The number of rotatable bonds is 18. The van der Waals surface area contributed by atoms with Gasteiger partial charge in [0.25, 0.3) is 17.1 Å². The first kappa shape index (κ1) is 65.6. The molecule has 456 valence electrons. The predicted octanol–water partition coefficient (Wildman–Crippen LogP) is 4.68. The largest absolute Gasteiger partial charge is 0.495 e. The van der Waals surface area contributed by atoms with Crippen LogP contribution in [0.4, 0.5) is 20.1 Å². The molecule has 8 amide bonds. The highest BCUT2D eigenvalue weighted by molar-refractivity contribution is 8.13. The Labute approximate surface area is 493 Å². The number of hydrogen-bond acceptors (Lipinski definition) is 18. The van der Waals surface area contributed by atoms with Crippen molar-refractivity contribution in [2.24, 2.45) is 5.92 Å². The maximum absolute atomic E-state index is 14.4. The molecule has 0 aromatic heterocycles. The van der Waals surface area contributed by atoms with Crippen molar-refractivity contribution in [2.75, 3.05) is 85.8 Å². The van der Waals surface area contributed by atoms with Crippen molar-refractivity contribution in [3.63, 3.8) is 0 Å². The van der Waals surface area contributed by atoms with Crippen molar-refractivity contribution in [3.05, 3.63) is 70.8 Å². The molecule has 0 radical (unpaired) electrons. The summed E-state index contributed by atoms with van der Waals surface area (Å²) in [6.07, 6.45) is 6.82. The van der Waals surface area contributed by atoms with Crippen LogP contribution in [-0.4, -0.2) is 213 Å². The number of hydrogen-bond donors (Lipinski definition) is 3. The lowest BCUT2D eigenvalue weighted by Crippen LogP contribution is -2.63. The van der Waals surface area contributed by atoms with Crippen molar-refractivity contribution < 1.29 is 81.4 Å². The van der Waals surface area contributed by atoms with Gasteiger partial charge in [-0.2, -0.15) is 0 Å². The number of ether oxygens (including phenoxy) is 7. The van der Waals surface area contributed by atoms with Crippen molar-refractivity contribution in [2.45, 2.75) is 133 Å². The first-order chi connectivity index (χ1) is 39.3. The Morgan fingerprint density at radius 1 is 1.01 bits per heavy atom. The highest BCUT2D eigenvalue weighted by Gasteiger charge is 2.64. The molecule has 0 saturated carbocycles. The van der Waals surface area contributed by atoms with Crippen LogP contribution in [0.1, 0.15) is 78.2 Å². The number of imide groups is 1. The maximum atomic E-state index is 14.4. The molecule has 1 aromatic rings. The highest BCUT2D eigenvalue weighted by Crippen LogP contribution is 2.49. The lowest BCUT2D eigenvalue weighted by molar-refractivity contribution is -0.162. The van der Waals surface area contributed by atoms with Gasteiger partial charge in [0.1, 0.15) is 53.4 Å². The van der Waals surface area contributed by atoms with E-state index in [4.69, 9.17) is 44.8 Å². The minimum absolute atomic E-state index is 0.00878. The fourth-order valence-electron chi connectivity index (χ4n) is 10.0. The first-order valence-electron chi connectivity index (χ1n) is 27.5. The van der Waals surface area contributed by atoms with E-state index in [1.807, 2.05) is 19.1 Å². The van der Waals surface area contributed by atoms with Crippen LogP contribution in [-0.2, 0) is 63.6 Å². The number of esters is 1. The number of aliphatic hydroxyl groups is 1. The lowest BCUT2D eigenvalue weighted by Gasteiger charge is -2.42. The molecule has 4 bridgehead atoms. The van der Waals surface area contributed by atoms with Crippen LogP contribution in [0.2, 0.25) is 5.02 Å². The van der Waals surface area contributed by atoms with Gasteiger partial charge in [-0.05, 0) is 70.2 Å². The number of thioether (sulfide) groups is 1. The van der Waals surface area contributed by atoms with E-state index < -0.39 is 114 Å². The van der Waals surface area contributed by atoms with Gasteiger partial charge >= 0.3 is 18.2 Å². The number of methoxy groups -OCH3 is 2. The third kappa shape index (κ3) is 17.1. The predicted molar refractivity (Wildman–Crippen MR) is 305 cm³/mol. The zero-order valence-electron chi connectivity index (χ0n) is 48.7. The van der Waals surface area contributed by atoms with E-state index in [0.717, 1.165) is 59.2 Å². The van der Waals surface area contributed by atoms with E-state index in [1.54, 1.807) is 51.3 Å². The Hall–Kier alpha value is -6.51. The Morgan fingerprint density at radius 2 is 1.72 bits per heavy atom. The molecule has 24 nitrogen and oxygen atoms in total. The molecule has 5 aliphatic rings. The van der Waals surface area contributed by atoms with E-state index in [-0.39, 0.29) is 61.6 Å². The number of carbonyl (C=O) groups excluding carboxylic acids is 9. The summed E-state index contributed by atoms with van der Waals surface area (Å²) in [5, 5.41) is 16.8. The van der Waals surface area contributed by atoms with Crippen LogP contribution in [0.25, 0.3) is 0 Å². The van der Waals surface area contributed by atoms with Crippen molar-refractivity contribution >= 4 is 82.0 Å². The molecule has 2 unspecified atom stereocenters. The fourth-order valence-corrected chi connectivity index (χ4v) is 11.1. The van der Waals surface area contributed by atoms with Crippen LogP contribution in [0.3, 0.4) is 0 Å². The number of alkyl carbamates (subject to hydrolysis) is 1. The Bertz CT molecular complexity index is 2710. The molecule has 10 atom stereocenters. The summed E-state index contributed by atoms with van der Waals surface area (Å²) in [5.41, 5.74) is -1.25.